The Morgan fingerprint density at radius 2 is 1.79 bits per heavy atom. The van der Waals surface area contributed by atoms with Crippen LogP contribution in [0.15, 0.2) is 36.6 Å². The molecule has 0 bridgehead atoms. The van der Waals surface area contributed by atoms with E-state index < -0.39 is 0 Å². The number of hydrogen-bond acceptors (Lipinski definition) is 5. The Kier molecular flexibility index (Phi) is 11.9. The summed E-state index contributed by atoms with van der Waals surface area (Å²) in [6.45, 7) is 15.2. The Balaban J connectivity index is 0.000000828. The maximum Gasteiger partial charge on any atom is 0.303 e. The molecule has 29 heavy (non-hydrogen) atoms. The van der Waals surface area contributed by atoms with Crippen molar-refractivity contribution in [1.82, 2.24) is 0 Å². The van der Waals surface area contributed by atoms with Gasteiger partial charge in [-0.15, -0.1) is 0 Å². The predicted molar refractivity (Wildman–Crippen MR) is 117 cm³/mol. The van der Waals surface area contributed by atoms with Crippen LogP contribution in [0.2, 0.25) is 0 Å². The van der Waals surface area contributed by atoms with Gasteiger partial charge in [-0.3, -0.25) is 14.9 Å². The molecule has 0 aliphatic rings. The number of hydrogen-bond donors (Lipinski definition) is 0. The zero-order valence-electron chi connectivity index (χ0n) is 19.0. The first-order chi connectivity index (χ1) is 13.4. The molecule has 0 heterocycles. The maximum atomic E-state index is 10.7. The number of nitro groups is 1. The van der Waals surface area contributed by atoms with E-state index in [1.807, 2.05) is 32.9 Å². The largest absolute Gasteiger partial charge is 0.501 e. The Hall–Kier alpha value is -2.37. The smallest absolute Gasteiger partial charge is 0.303 e. The second-order valence-corrected chi connectivity index (χ2v) is 8.30. The molecule has 0 aliphatic carbocycles. The summed E-state index contributed by atoms with van der Waals surface area (Å²) in [6.07, 6.45) is 4.23. The first kappa shape index (κ1) is 26.6. The molecule has 0 N–H and O–H groups in total. The van der Waals surface area contributed by atoms with Crippen LogP contribution in [0.25, 0.3) is 0 Å². The molecule has 0 aliphatic heterocycles. The fourth-order valence-electron chi connectivity index (χ4n) is 3.06. The van der Waals surface area contributed by atoms with Crippen LogP contribution in [-0.4, -0.2) is 23.6 Å². The summed E-state index contributed by atoms with van der Waals surface area (Å²) in [7, 11) is 1.66. The number of esters is 1. The van der Waals surface area contributed by atoms with Gasteiger partial charge in [-0.1, -0.05) is 45.4 Å². The Bertz CT molecular complexity index is 646. The van der Waals surface area contributed by atoms with E-state index in [4.69, 9.17) is 9.47 Å². The number of allylic oxidation sites excluding steroid dienone is 1. The topological polar surface area (TPSA) is 78.7 Å². The third-order valence-corrected chi connectivity index (χ3v) is 4.32. The molecule has 0 amide bonds. The van der Waals surface area contributed by atoms with Crippen LogP contribution in [0.1, 0.15) is 66.4 Å². The Labute approximate surface area is 175 Å². The summed E-state index contributed by atoms with van der Waals surface area (Å²) < 4.78 is 10.0. The van der Waals surface area contributed by atoms with E-state index in [1.165, 1.54) is 6.92 Å². The number of carbonyl (C=O) groups excluding carboxylic acids is 1. The number of ether oxygens (including phenoxy) is 2. The molecule has 0 fully saturated rings. The van der Waals surface area contributed by atoms with Crippen molar-refractivity contribution < 1.29 is 19.2 Å². The number of non-ortho nitro benzene ring substituents is 1. The highest BCUT2D eigenvalue weighted by molar-refractivity contribution is 5.66. The third-order valence-electron chi connectivity index (χ3n) is 4.32. The van der Waals surface area contributed by atoms with Crippen LogP contribution in [0.3, 0.4) is 0 Å². The summed E-state index contributed by atoms with van der Waals surface area (Å²) in [5.74, 6) is 1.46. The molecule has 2 unspecified atom stereocenters. The van der Waals surface area contributed by atoms with Gasteiger partial charge in [0.05, 0.1) is 17.8 Å². The SMILES string of the molecule is C=C(OC)C(C)CC(CCC)Cc1ccc([N+](=O)[O-])cc1.CC(=O)OC(C)(C)C. The van der Waals surface area contributed by atoms with Gasteiger partial charge in [0.1, 0.15) is 5.60 Å². The van der Waals surface area contributed by atoms with E-state index in [1.54, 1.807) is 19.2 Å². The van der Waals surface area contributed by atoms with Gasteiger partial charge in [0, 0.05) is 25.0 Å². The minimum atomic E-state index is -0.363. The van der Waals surface area contributed by atoms with Crippen molar-refractivity contribution in [2.45, 2.75) is 72.8 Å². The summed E-state index contributed by atoms with van der Waals surface area (Å²) in [5.41, 5.74) is 0.965. The minimum absolute atomic E-state index is 0.145. The molecule has 6 nitrogen and oxygen atoms in total. The van der Waals surface area contributed by atoms with Gasteiger partial charge < -0.3 is 9.47 Å². The molecule has 0 radical (unpaired) electrons. The molecule has 0 saturated carbocycles. The molecular formula is C23H37NO5. The van der Waals surface area contributed by atoms with E-state index in [-0.39, 0.29) is 22.2 Å². The Morgan fingerprint density at radius 3 is 2.14 bits per heavy atom. The van der Waals surface area contributed by atoms with Gasteiger partial charge in [-0.2, -0.15) is 0 Å². The second-order valence-electron chi connectivity index (χ2n) is 8.30. The van der Waals surface area contributed by atoms with Crippen molar-refractivity contribution in [3.05, 3.63) is 52.3 Å². The quantitative estimate of drug-likeness (QED) is 0.214. The summed E-state index contributed by atoms with van der Waals surface area (Å²) in [6, 6.07) is 6.87. The fourth-order valence-corrected chi connectivity index (χ4v) is 3.06. The van der Waals surface area contributed by atoms with Crippen molar-refractivity contribution in [3.63, 3.8) is 0 Å². The number of rotatable bonds is 9. The van der Waals surface area contributed by atoms with E-state index >= 15 is 0 Å². The monoisotopic (exact) mass is 407 g/mol. The molecule has 0 aromatic heterocycles. The van der Waals surface area contributed by atoms with E-state index in [2.05, 4.69) is 20.4 Å². The minimum Gasteiger partial charge on any atom is -0.501 e. The van der Waals surface area contributed by atoms with Crippen LogP contribution in [0.4, 0.5) is 5.69 Å². The van der Waals surface area contributed by atoms with Crippen molar-refractivity contribution in [2.24, 2.45) is 11.8 Å². The van der Waals surface area contributed by atoms with Gasteiger partial charge in [0.25, 0.3) is 5.69 Å². The zero-order valence-corrected chi connectivity index (χ0v) is 19.0. The van der Waals surface area contributed by atoms with Gasteiger partial charge >= 0.3 is 5.97 Å². The lowest BCUT2D eigenvalue weighted by Crippen LogP contribution is -2.21. The summed E-state index contributed by atoms with van der Waals surface area (Å²) >= 11 is 0. The first-order valence-electron chi connectivity index (χ1n) is 10.0. The molecular weight excluding hydrogens is 370 g/mol. The van der Waals surface area contributed by atoms with Gasteiger partial charge in [-0.05, 0) is 45.1 Å². The van der Waals surface area contributed by atoms with Crippen molar-refractivity contribution in [3.8, 4) is 0 Å². The van der Waals surface area contributed by atoms with E-state index in [0.29, 0.717) is 11.8 Å². The fraction of sp³-hybridized carbons (Fsp3) is 0.609. The number of nitro benzene ring substituents is 1. The number of benzene rings is 1. The summed E-state index contributed by atoms with van der Waals surface area (Å²) in [4.78, 5) is 20.5. The third kappa shape index (κ3) is 12.7. The number of methoxy groups -OCH3 is 1. The molecule has 0 spiro atoms. The lowest BCUT2D eigenvalue weighted by atomic mass is 9.86. The zero-order chi connectivity index (χ0) is 22.6. The number of carbonyl (C=O) groups is 1. The molecule has 1 aromatic carbocycles. The Morgan fingerprint density at radius 1 is 1.24 bits per heavy atom. The average Bonchev–Trinajstić information content (AvgIpc) is 2.60. The average molecular weight is 408 g/mol. The first-order valence-corrected chi connectivity index (χ1v) is 10.0. The van der Waals surface area contributed by atoms with Gasteiger partial charge in [0.15, 0.2) is 0 Å². The van der Waals surface area contributed by atoms with Crippen molar-refractivity contribution in [2.75, 3.05) is 7.11 Å². The maximum absolute atomic E-state index is 10.7. The normalized spacial score (nSPS) is 12.8. The molecule has 1 aromatic rings. The highest BCUT2D eigenvalue weighted by Gasteiger charge is 2.16. The molecule has 2 atom stereocenters. The highest BCUT2D eigenvalue weighted by Crippen LogP contribution is 2.26. The van der Waals surface area contributed by atoms with Crippen molar-refractivity contribution >= 4 is 11.7 Å². The highest BCUT2D eigenvalue weighted by atomic mass is 16.6. The van der Waals surface area contributed by atoms with Crippen LogP contribution >= 0.6 is 0 Å². The van der Waals surface area contributed by atoms with Gasteiger partial charge in [-0.25, -0.2) is 0 Å². The standard InChI is InChI=1S/C17H25NO3.C6H12O2/c1-5-6-16(11-13(2)14(3)21-4)12-15-7-9-17(10-8-15)18(19)20;1-5(7)8-6(2,3)4/h7-10,13,16H,3,5-6,11-12H2,1-2,4H3;1-4H3. The summed E-state index contributed by atoms with van der Waals surface area (Å²) in [5, 5.41) is 10.7. The lowest BCUT2D eigenvalue weighted by Gasteiger charge is -2.21. The van der Waals surface area contributed by atoms with Crippen LogP contribution < -0.4 is 0 Å². The molecule has 1 rings (SSSR count). The van der Waals surface area contributed by atoms with Crippen LogP contribution in [-0.2, 0) is 20.7 Å². The van der Waals surface area contributed by atoms with Gasteiger partial charge in [0.2, 0.25) is 0 Å². The molecule has 164 valence electrons. The predicted octanol–water partition coefficient (Wildman–Crippen LogP) is 6.09. The van der Waals surface area contributed by atoms with Crippen molar-refractivity contribution in [1.29, 1.82) is 0 Å². The van der Waals surface area contributed by atoms with Crippen LogP contribution in [0, 0.1) is 22.0 Å². The second kappa shape index (κ2) is 13.0. The van der Waals surface area contributed by atoms with E-state index in [0.717, 1.165) is 37.0 Å². The number of nitrogens with zero attached hydrogens (tertiary/aromatic N) is 1. The van der Waals surface area contributed by atoms with Crippen LogP contribution in [0.5, 0.6) is 0 Å². The lowest BCUT2D eigenvalue weighted by molar-refractivity contribution is -0.384. The van der Waals surface area contributed by atoms with E-state index in [9.17, 15) is 14.9 Å². The molecule has 0 saturated heterocycles. The molecule has 6 heteroatoms.